The molecule has 1 aromatic carbocycles. The van der Waals surface area contributed by atoms with Crippen LogP contribution in [-0.4, -0.2) is 34.6 Å². The van der Waals surface area contributed by atoms with Crippen molar-refractivity contribution in [3.8, 4) is 5.75 Å². The summed E-state index contributed by atoms with van der Waals surface area (Å²) in [6.07, 6.45) is 1.67. The van der Waals surface area contributed by atoms with E-state index in [9.17, 15) is 9.59 Å². The summed E-state index contributed by atoms with van der Waals surface area (Å²) >= 11 is 0. The lowest BCUT2D eigenvalue weighted by atomic mass is 10.1. The van der Waals surface area contributed by atoms with Crippen LogP contribution in [0.15, 0.2) is 47.4 Å². The average Bonchev–Trinajstić information content (AvgIpc) is 2.50. The van der Waals surface area contributed by atoms with Crippen molar-refractivity contribution in [3.63, 3.8) is 0 Å². The predicted molar refractivity (Wildman–Crippen MR) is 87.9 cm³/mol. The Balaban J connectivity index is 1.59. The first kappa shape index (κ1) is 15.3. The zero-order valence-corrected chi connectivity index (χ0v) is 13.4. The summed E-state index contributed by atoms with van der Waals surface area (Å²) in [6.45, 7) is 5.60. The molecule has 0 saturated carbocycles. The molecule has 23 heavy (non-hydrogen) atoms. The van der Waals surface area contributed by atoms with Crippen LogP contribution >= 0.6 is 0 Å². The van der Waals surface area contributed by atoms with Gasteiger partial charge < -0.3 is 14.2 Å². The van der Waals surface area contributed by atoms with Crippen LogP contribution in [-0.2, 0) is 6.54 Å². The Morgan fingerprint density at radius 1 is 1.26 bits per heavy atom. The number of aryl methyl sites for hydroxylation is 2. The van der Waals surface area contributed by atoms with Crippen LogP contribution in [0.4, 0.5) is 0 Å². The highest BCUT2D eigenvalue weighted by atomic mass is 16.5. The molecule has 0 atom stereocenters. The molecule has 0 radical (unpaired) electrons. The molecule has 5 heteroatoms. The Morgan fingerprint density at radius 3 is 2.70 bits per heavy atom. The Hall–Kier alpha value is -2.56. The molecule has 1 saturated heterocycles. The standard InChI is InChI=1S/C18H20N2O3/c1-3-19-8-7-14(10-17(19)21)18(22)20-11-16(12-20)23-15-6-4-5-13(2)9-15/h4-10,16H,3,11-12H2,1-2H3. The number of ether oxygens (including phenoxy) is 1. The monoisotopic (exact) mass is 312 g/mol. The highest BCUT2D eigenvalue weighted by Gasteiger charge is 2.33. The highest BCUT2D eigenvalue weighted by Crippen LogP contribution is 2.20. The SMILES string of the molecule is CCn1ccc(C(=O)N2CC(Oc3cccc(C)c3)C2)cc1=O. The van der Waals surface area contributed by atoms with Gasteiger partial charge in [-0.25, -0.2) is 0 Å². The molecule has 120 valence electrons. The summed E-state index contributed by atoms with van der Waals surface area (Å²) in [5.74, 6) is 0.710. The minimum Gasteiger partial charge on any atom is -0.487 e. The first-order chi connectivity index (χ1) is 11.1. The van der Waals surface area contributed by atoms with Gasteiger partial charge in [0.05, 0.1) is 13.1 Å². The number of rotatable bonds is 4. The van der Waals surface area contributed by atoms with E-state index in [0.717, 1.165) is 11.3 Å². The number of benzene rings is 1. The number of hydrogen-bond acceptors (Lipinski definition) is 3. The van der Waals surface area contributed by atoms with Crippen LogP contribution in [0.5, 0.6) is 5.75 Å². The fourth-order valence-electron chi connectivity index (χ4n) is 2.64. The van der Waals surface area contributed by atoms with Gasteiger partial charge in [-0.2, -0.15) is 0 Å². The lowest BCUT2D eigenvalue weighted by Gasteiger charge is -2.39. The lowest BCUT2D eigenvalue weighted by molar-refractivity contribution is 0.0177. The summed E-state index contributed by atoms with van der Waals surface area (Å²) in [5.41, 5.74) is 1.44. The number of likely N-dealkylation sites (tertiary alicyclic amines) is 1. The third-order valence-electron chi connectivity index (χ3n) is 4.01. The van der Waals surface area contributed by atoms with Gasteiger partial charge in [-0.05, 0) is 37.6 Å². The van der Waals surface area contributed by atoms with E-state index in [-0.39, 0.29) is 17.6 Å². The van der Waals surface area contributed by atoms with Crippen molar-refractivity contribution in [1.29, 1.82) is 0 Å². The smallest absolute Gasteiger partial charge is 0.254 e. The number of carbonyl (C=O) groups excluding carboxylic acids is 1. The van der Waals surface area contributed by atoms with Crippen molar-refractivity contribution in [2.45, 2.75) is 26.5 Å². The summed E-state index contributed by atoms with van der Waals surface area (Å²) in [6, 6.07) is 11.0. The topological polar surface area (TPSA) is 51.5 Å². The average molecular weight is 312 g/mol. The molecule has 1 amide bonds. The Bertz CT molecular complexity index is 776. The number of pyridine rings is 1. The molecule has 0 aliphatic carbocycles. The molecule has 0 bridgehead atoms. The molecule has 1 aliphatic heterocycles. The molecular weight excluding hydrogens is 292 g/mol. The molecule has 2 aromatic rings. The quantitative estimate of drug-likeness (QED) is 0.868. The van der Waals surface area contributed by atoms with E-state index in [1.165, 1.54) is 6.07 Å². The molecule has 1 aromatic heterocycles. The third kappa shape index (κ3) is 3.28. The second-order valence-electron chi connectivity index (χ2n) is 5.81. The van der Waals surface area contributed by atoms with Gasteiger partial charge >= 0.3 is 0 Å². The molecule has 0 unspecified atom stereocenters. The van der Waals surface area contributed by atoms with Gasteiger partial charge in [0.1, 0.15) is 11.9 Å². The molecule has 0 spiro atoms. The minimum atomic E-state index is -0.147. The van der Waals surface area contributed by atoms with Gasteiger partial charge in [0.15, 0.2) is 0 Å². The van der Waals surface area contributed by atoms with Crippen LogP contribution < -0.4 is 10.3 Å². The van der Waals surface area contributed by atoms with E-state index >= 15 is 0 Å². The normalized spacial score (nSPS) is 14.4. The van der Waals surface area contributed by atoms with E-state index in [1.807, 2.05) is 38.1 Å². The highest BCUT2D eigenvalue weighted by molar-refractivity contribution is 5.94. The second kappa shape index (κ2) is 6.28. The fraction of sp³-hybridized carbons (Fsp3) is 0.333. The first-order valence-corrected chi connectivity index (χ1v) is 7.80. The molecule has 3 rings (SSSR count). The molecular formula is C18H20N2O3. The van der Waals surface area contributed by atoms with Gasteiger partial charge in [0, 0.05) is 24.4 Å². The van der Waals surface area contributed by atoms with Crippen molar-refractivity contribution >= 4 is 5.91 Å². The second-order valence-corrected chi connectivity index (χ2v) is 5.81. The summed E-state index contributed by atoms with van der Waals surface area (Å²) in [5, 5.41) is 0. The Labute approximate surface area is 135 Å². The maximum Gasteiger partial charge on any atom is 0.254 e. The molecule has 1 fully saturated rings. The number of nitrogens with zero attached hydrogens (tertiary/aromatic N) is 2. The summed E-state index contributed by atoms with van der Waals surface area (Å²) in [4.78, 5) is 25.9. The van der Waals surface area contributed by atoms with Gasteiger partial charge in [-0.1, -0.05) is 12.1 Å². The largest absolute Gasteiger partial charge is 0.487 e. The molecule has 5 nitrogen and oxygen atoms in total. The summed E-state index contributed by atoms with van der Waals surface area (Å²) in [7, 11) is 0. The Kier molecular flexibility index (Phi) is 4.19. The van der Waals surface area contributed by atoms with Crippen molar-refractivity contribution in [2.75, 3.05) is 13.1 Å². The van der Waals surface area contributed by atoms with Crippen LogP contribution in [0.25, 0.3) is 0 Å². The molecule has 0 N–H and O–H groups in total. The van der Waals surface area contributed by atoms with Crippen LogP contribution in [0.2, 0.25) is 0 Å². The van der Waals surface area contributed by atoms with E-state index in [2.05, 4.69) is 0 Å². The maximum atomic E-state index is 12.4. The number of aromatic nitrogens is 1. The predicted octanol–water partition coefficient (Wildman–Crippen LogP) is 2.08. The van der Waals surface area contributed by atoms with Crippen molar-refractivity contribution in [1.82, 2.24) is 9.47 Å². The zero-order valence-electron chi connectivity index (χ0n) is 13.4. The van der Waals surface area contributed by atoms with E-state index < -0.39 is 0 Å². The summed E-state index contributed by atoms with van der Waals surface area (Å²) < 4.78 is 7.41. The zero-order chi connectivity index (χ0) is 16.4. The van der Waals surface area contributed by atoms with Crippen LogP contribution in [0, 0.1) is 6.92 Å². The van der Waals surface area contributed by atoms with Gasteiger partial charge in [0.2, 0.25) is 0 Å². The van der Waals surface area contributed by atoms with Crippen molar-refractivity contribution < 1.29 is 9.53 Å². The maximum absolute atomic E-state index is 12.4. The fourth-order valence-corrected chi connectivity index (χ4v) is 2.64. The minimum absolute atomic E-state index is 0.0109. The molecule has 1 aliphatic rings. The van der Waals surface area contributed by atoms with Crippen LogP contribution in [0.1, 0.15) is 22.8 Å². The van der Waals surface area contributed by atoms with Gasteiger partial charge in [0.25, 0.3) is 11.5 Å². The Morgan fingerprint density at radius 2 is 2.04 bits per heavy atom. The number of carbonyl (C=O) groups is 1. The van der Waals surface area contributed by atoms with E-state index in [1.54, 1.807) is 21.7 Å². The number of amides is 1. The third-order valence-corrected chi connectivity index (χ3v) is 4.01. The van der Waals surface area contributed by atoms with Gasteiger partial charge in [-0.3, -0.25) is 9.59 Å². The van der Waals surface area contributed by atoms with Gasteiger partial charge in [-0.15, -0.1) is 0 Å². The van der Waals surface area contributed by atoms with Crippen molar-refractivity contribution in [2.24, 2.45) is 0 Å². The van der Waals surface area contributed by atoms with Crippen molar-refractivity contribution in [3.05, 3.63) is 64.1 Å². The van der Waals surface area contributed by atoms with Crippen LogP contribution in [0.3, 0.4) is 0 Å². The lowest BCUT2D eigenvalue weighted by Crippen LogP contribution is -2.56. The van der Waals surface area contributed by atoms with E-state index in [0.29, 0.717) is 25.2 Å². The number of hydrogen-bond donors (Lipinski definition) is 0. The van der Waals surface area contributed by atoms with E-state index in [4.69, 9.17) is 4.74 Å². The molecule has 2 heterocycles. The first-order valence-electron chi connectivity index (χ1n) is 7.80.